The van der Waals surface area contributed by atoms with Gasteiger partial charge in [-0.2, -0.15) is 0 Å². The number of likely N-dealkylation sites (tertiary alicyclic amines) is 1. The molecule has 18 heavy (non-hydrogen) atoms. The molecular formula is C13H24N2O3. The summed E-state index contributed by atoms with van der Waals surface area (Å²) in [5.41, 5.74) is 5.00. The van der Waals surface area contributed by atoms with Crippen molar-refractivity contribution in [2.75, 3.05) is 0 Å². The van der Waals surface area contributed by atoms with Gasteiger partial charge in [0.05, 0.1) is 11.6 Å². The largest absolute Gasteiger partial charge is 0.368 e. The minimum Gasteiger partial charge on any atom is -0.368 e. The fourth-order valence-electron chi connectivity index (χ4n) is 3.28. The van der Waals surface area contributed by atoms with Crippen LogP contribution in [0.15, 0.2) is 0 Å². The number of aliphatic hydroxyl groups excluding tert-OH is 1. The van der Waals surface area contributed by atoms with Crippen molar-refractivity contribution in [3.05, 3.63) is 0 Å². The van der Waals surface area contributed by atoms with E-state index in [1.807, 2.05) is 20.8 Å². The molecule has 1 heterocycles. The van der Waals surface area contributed by atoms with Gasteiger partial charge in [0.2, 0.25) is 12.3 Å². The third-order valence-electron chi connectivity index (χ3n) is 3.93. The summed E-state index contributed by atoms with van der Waals surface area (Å²) in [6.45, 7) is 5.66. The van der Waals surface area contributed by atoms with Crippen LogP contribution >= 0.6 is 0 Å². The fourth-order valence-corrected chi connectivity index (χ4v) is 3.28. The molecule has 4 atom stereocenters. The maximum absolute atomic E-state index is 11.5. The van der Waals surface area contributed by atoms with Gasteiger partial charge in [0.15, 0.2) is 0 Å². The zero-order chi connectivity index (χ0) is 13.5. The molecule has 0 bridgehead atoms. The number of carbonyl (C=O) groups is 1. The van der Waals surface area contributed by atoms with E-state index in [9.17, 15) is 9.90 Å². The van der Waals surface area contributed by atoms with Crippen molar-refractivity contribution < 1.29 is 14.6 Å². The second-order valence-electron chi connectivity index (χ2n) is 6.42. The summed E-state index contributed by atoms with van der Waals surface area (Å²) in [5, 5.41) is 10.2. The van der Waals surface area contributed by atoms with E-state index in [1.165, 1.54) is 0 Å². The molecule has 3 N–H and O–H groups in total. The Morgan fingerprint density at radius 3 is 2.67 bits per heavy atom. The number of rotatable bonds is 3. The lowest BCUT2D eigenvalue weighted by atomic mass is 10.0. The number of amides is 1. The maximum atomic E-state index is 11.5. The molecule has 0 radical (unpaired) electrons. The number of carbonyl (C=O) groups excluding carboxylic acids is 1. The van der Waals surface area contributed by atoms with Crippen molar-refractivity contribution in [3.8, 4) is 0 Å². The highest BCUT2D eigenvalue weighted by molar-refractivity contribution is 5.80. The number of nitrogens with two attached hydrogens (primary N) is 1. The highest BCUT2D eigenvalue weighted by Gasteiger charge is 2.49. The first-order valence-corrected chi connectivity index (χ1v) is 6.72. The zero-order valence-electron chi connectivity index (χ0n) is 11.4. The van der Waals surface area contributed by atoms with Gasteiger partial charge in [-0.15, -0.1) is 0 Å². The van der Waals surface area contributed by atoms with Crippen molar-refractivity contribution in [1.29, 1.82) is 0 Å². The van der Waals surface area contributed by atoms with Crippen LogP contribution in [0.5, 0.6) is 0 Å². The monoisotopic (exact) mass is 256 g/mol. The summed E-state index contributed by atoms with van der Waals surface area (Å²) in [6.07, 6.45) is 2.99. The summed E-state index contributed by atoms with van der Waals surface area (Å²) in [5.74, 6) is 0.113. The average molecular weight is 256 g/mol. The van der Waals surface area contributed by atoms with E-state index >= 15 is 0 Å². The number of hydrogen-bond acceptors (Lipinski definition) is 4. The number of fused-ring (bicyclic) bond motifs is 1. The molecule has 5 heteroatoms. The minimum atomic E-state index is -1.05. The molecule has 5 nitrogen and oxygen atoms in total. The first-order chi connectivity index (χ1) is 8.29. The minimum absolute atomic E-state index is 0.236. The van der Waals surface area contributed by atoms with E-state index in [0.29, 0.717) is 5.92 Å². The Labute approximate surface area is 108 Å². The SMILES string of the molecule is CC(C)(C)OC(O)N1[C@H](C(N)=O)CC2CCC[C@@H]21. The standard InChI is InChI=1S/C13H24N2O3/c1-13(2,3)18-12(17)15-9-6-4-5-8(9)7-10(15)11(14)16/h8-10,12,17H,4-7H2,1-3H3,(H2,14,16)/t8?,9-,10-,12?/m0/s1. The van der Waals surface area contributed by atoms with Crippen LogP contribution in [0.2, 0.25) is 0 Å². The van der Waals surface area contributed by atoms with Gasteiger partial charge in [-0.3, -0.25) is 4.79 Å². The zero-order valence-corrected chi connectivity index (χ0v) is 11.4. The predicted molar refractivity (Wildman–Crippen MR) is 67.4 cm³/mol. The van der Waals surface area contributed by atoms with Gasteiger partial charge < -0.3 is 15.6 Å². The molecule has 104 valence electrons. The van der Waals surface area contributed by atoms with Crippen molar-refractivity contribution in [2.45, 2.75) is 70.6 Å². The molecule has 1 saturated heterocycles. The van der Waals surface area contributed by atoms with E-state index < -0.39 is 18.1 Å². The topological polar surface area (TPSA) is 75.8 Å². The Balaban J connectivity index is 2.13. The second kappa shape index (κ2) is 4.79. The Hall–Kier alpha value is -0.650. The van der Waals surface area contributed by atoms with E-state index in [-0.39, 0.29) is 11.9 Å². The van der Waals surface area contributed by atoms with Crippen LogP contribution < -0.4 is 5.73 Å². The highest BCUT2D eigenvalue weighted by atomic mass is 16.6. The van der Waals surface area contributed by atoms with Crippen molar-refractivity contribution in [3.63, 3.8) is 0 Å². The number of primary amides is 1. The average Bonchev–Trinajstić information content (AvgIpc) is 2.70. The lowest BCUT2D eigenvalue weighted by Gasteiger charge is -2.35. The summed E-state index contributed by atoms with van der Waals surface area (Å²) >= 11 is 0. The quantitative estimate of drug-likeness (QED) is 0.733. The Morgan fingerprint density at radius 1 is 1.44 bits per heavy atom. The number of aliphatic hydroxyl groups is 1. The molecule has 2 rings (SSSR count). The third kappa shape index (κ3) is 2.68. The summed E-state index contributed by atoms with van der Waals surface area (Å²) in [4.78, 5) is 13.3. The first kappa shape index (κ1) is 13.8. The van der Waals surface area contributed by atoms with E-state index in [4.69, 9.17) is 10.5 Å². The number of hydrogen-bond donors (Lipinski definition) is 2. The number of ether oxygens (including phenoxy) is 1. The lowest BCUT2D eigenvalue weighted by Crippen LogP contribution is -2.52. The van der Waals surface area contributed by atoms with Crippen LogP contribution in [0.3, 0.4) is 0 Å². The molecule has 2 unspecified atom stereocenters. The molecule has 1 amide bonds. The smallest absolute Gasteiger partial charge is 0.234 e. The van der Waals surface area contributed by atoms with Crippen molar-refractivity contribution in [1.82, 2.24) is 4.90 Å². The summed E-state index contributed by atoms with van der Waals surface area (Å²) in [7, 11) is 0. The normalized spacial score (nSPS) is 34.6. The lowest BCUT2D eigenvalue weighted by molar-refractivity contribution is -0.250. The van der Waals surface area contributed by atoms with Crippen molar-refractivity contribution in [2.24, 2.45) is 11.7 Å². The molecule has 0 spiro atoms. The van der Waals surface area contributed by atoms with Crippen LogP contribution in [-0.4, -0.2) is 40.0 Å². The molecule has 2 aliphatic rings. The van der Waals surface area contributed by atoms with Gasteiger partial charge in [0, 0.05) is 6.04 Å². The van der Waals surface area contributed by atoms with Crippen LogP contribution in [0.4, 0.5) is 0 Å². The van der Waals surface area contributed by atoms with E-state index in [2.05, 4.69) is 0 Å². The predicted octanol–water partition coefficient (Wildman–Crippen LogP) is 0.806. The summed E-state index contributed by atoms with van der Waals surface area (Å²) in [6, 6.07) is -0.155. The van der Waals surface area contributed by atoms with Crippen molar-refractivity contribution >= 4 is 5.91 Å². The Kier molecular flexibility index (Phi) is 3.67. The van der Waals surface area contributed by atoms with E-state index in [0.717, 1.165) is 25.7 Å². The molecule has 1 aliphatic heterocycles. The third-order valence-corrected chi connectivity index (χ3v) is 3.93. The van der Waals surface area contributed by atoms with Crippen LogP contribution in [0.25, 0.3) is 0 Å². The second-order valence-corrected chi connectivity index (χ2v) is 6.42. The molecule has 1 aliphatic carbocycles. The molecule has 2 fully saturated rings. The van der Waals surface area contributed by atoms with Gasteiger partial charge in [-0.25, -0.2) is 4.90 Å². The van der Waals surface area contributed by atoms with Gasteiger partial charge in [-0.05, 0) is 46.0 Å². The van der Waals surface area contributed by atoms with Crippen LogP contribution in [0.1, 0.15) is 46.5 Å². The Morgan fingerprint density at radius 2 is 2.11 bits per heavy atom. The van der Waals surface area contributed by atoms with Crippen LogP contribution in [0, 0.1) is 5.92 Å². The van der Waals surface area contributed by atoms with Gasteiger partial charge in [0.25, 0.3) is 0 Å². The van der Waals surface area contributed by atoms with Gasteiger partial charge in [0.1, 0.15) is 0 Å². The maximum Gasteiger partial charge on any atom is 0.234 e. The molecule has 0 aromatic rings. The van der Waals surface area contributed by atoms with Crippen LogP contribution in [-0.2, 0) is 9.53 Å². The van der Waals surface area contributed by atoms with E-state index in [1.54, 1.807) is 4.90 Å². The molecule has 0 aromatic carbocycles. The number of nitrogens with zero attached hydrogens (tertiary/aromatic N) is 1. The highest BCUT2D eigenvalue weighted by Crippen LogP contribution is 2.42. The Bertz CT molecular complexity index is 327. The van der Waals surface area contributed by atoms with Gasteiger partial charge in [-0.1, -0.05) is 6.42 Å². The fraction of sp³-hybridized carbons (Fsp3) is 0.923. The molecular weight excluding hydrogens is 232 g/mol. The first-order valence-electron chi connectivity index (χ1n) is 6.72. The summed E-state index contributed by atoms with van der Waals surface area (Å²) < 4.78 is 5.58. The molecule has 1 saturated carbocycles. The van der Waals surface area contributed by atoms with Gasteiger partial charge >= 0.3 is 0 Å². The molecule has 0 aromatic heterocycles.